The summed E-state index contributed by atoms with van der Waals surface area (Å²) in [6, 6.07) is 1.93. The standard InChI is InChI=1S/C21H26BN5O10.C2HF3O2/c1-2-26-6-7-27(19(32)18(26)31)21(35)24-13(9-23-10-15(28)29)17(30)25-14-8-11-4-3-5-12(20(33)34)16(11)37-22(14)36;3-2(4,5)1(6)7/h3-5,13-14,23,36H,2,6-10H2,1H3,(H,24,35)(H,25,30)(H,28,29)(H,33,34);(H,6,7)/t13-,14+;/m1./s1. The van der Waals surface area contributed by atoms with Crippen molar-refractivity contribution in [3.63, 3.8) is 0 Å². The molecule has 2 aliphatic heterocycles. The van der Waals surface area contributed by atoms with Crippen molar-refractivity contribution in [3.05, 3.63) is 29.3 Å². The Morgan fingerprint density at radius 1 is 1.09 bits per heavy atom. The zero-order valence-corrected chi connectivity index (χ0v) is 22.8. The van der Waals surface area contributed by atoms with Crippen LogP contribution in [0.2, 0.25) is 0 Å². The number of hydrogen-bond acceptors (Lipinski definition) is 10. The van der Waals surface area contributed by atoms with Gasteiger partial charge in [0, 0.05) is 26.2 Å². The van der Waals surface area contributed by atoms with Crippen LogP contribution < -0.4 is 20.6 Å². The van der Waals surface area contributed by atoms with Gasteiger partial charge in [-0.15, -0.1) is 0 Å². The molecule has 0 bridgehead atoms. The molecule has 44 heavy (non-hydrogen) atoms. The number of piperazine rings is 1. The fourth-order valence-electron chi connectivity index (χ4n) is 3.93. The molecule has 0 saturated carbocycles. The van der Waals surface area contributed by atoms with Gasteiger partial charge in [0.1, 0.15) is 11.8 Å². The first-order valence-corrected chi connectivity index (χ1v) is 12.6. The second-order valence-corrected chi connectivity index (χ2v) is 9.10. The number of benzene rings is 1. The second-order valence-electron chi connectivity index (χ2n) is 9.10. The molecule has 0 unspecified atom stereocenters. The SMILES string of the molecule is CCN1CCN(C(=O)N[C@H](CNCC(=O)O)C(=O)N[C@H]2Cc3cccc(C(=O)O)c3OB2O)C(=O)C1=O.O=C(O)C(F)(F)F. The van der Waals surface area contributed by atoms with Crippen LogP contribution in [0.4, 0.5) is 18.0 Å². The molecule has 2 aliphatic rings. The maximum atomic E-state index is 13.0. The molecule has 2 atom stereocenters. The number of nitrogens with one attached hydrogen (secondary N) is 3. The first-order valence-electron chi connectivity index (χ1n) is 12.6. The van der Waals surface area contributed by atoms with Gasteiger partial charge >= 0.3 is 49.0 Å². The van der Waals surface area contributed by atoms with E-state index in [-0.39, 0.29) is 43.9 Å². The summed E-state index contributed by atoms with van der Waals surface area (Å²) < 4.78 is 37.1. The van der Waals surface area contributed by atoms with Gasteiger partial charge < -0.3 is 45.8 Å². The number of hydrogen-bond donors (Lipinski definition) is 7. The highest BCUT2D eigenvalue weighted by Crippen LogP contribution is 2.30. The molecule has 1 fully saturated rings. The van der Waals surface area contributed by atoms with Crippen LogP contribution in [0.5, 0.6) is 5.75 Å². The van der Waals surface area contributed by atoms with E-state index in [9.17, 15) is 52.1 Å². The van der Waals surface area contributed by atoms with Crippen LogP contribution in [0.3, 0.4) is 0 Å². The summed E-state index contributed by atoms with van der Waals surface area (Å²) in [7, 11) is -1.62. The Morgan fingerprint density at radius 3 is 2.27 bits per heavy atom. The van der Waals surface area contributed by atoms with E-state index in [0.29, 0.717) is 10.5 Å². The number of halogens is 3. The van der Waals surface area contributed by atoms with E-state index in [2.05, 4.69) is 16.0 Å². The van der Waals surface area contributed by atoms with E-state index < -0.39 is 73.5 Å². The van der Waals surface area contributed by atoms with Gasteiger partial charge in [0.2, 0.25) is 5.91 Å². The summed E-state index contributed by atoms with van der Waals surface area (Å²) in [4.78, 5) is 83.3. The first-order chi connectivity index (χ1) is 20.5. The van der Waals surface area contributed by atoms with Gasteiger partial charge in [-0.3, -0.25) is 24.1 Å². The molecule has 2 heterocycles. The lowest BCUT2D eigenvalue weighted by Gasteiger charge is -2.33. The number of aliphatic carboxylic acids is 2. The van der Waals surface area contributed by atoms with Gasteiger partial charge in [0.15, 0.2) is 0 Å². The number of alkyl halides is 3. The number of imide groups is 1. The number of fused-ring (bicyclic) bond motifs is 1. The largest absolute Gasteiger partial charge is 0.547 e. The Bertz CT molecular complexity index is 1310. The molecule has 7 N–H and O–H groups in total. The number of carboxylic acid groups (broad SMARTS) is 3. The molecule has 0 radical (unpaired) electrons. The van der Waals surface area contributed by atoms with E-state index in [1.807, 2.05) is 0 Å². The van der Waals surface area contributed by atoms with Crippen LogP contribution in [0.25, 0.3) is 0 Å². The zero-order valence-electron chi connectivity index (χ0n) is 22.8. The minimum absolute atomic E-state index is 0.00144. The lowest BCUT2D eigenvalue weighted by Crippen LogP contribution is -2.63. The summed E-state index contributed by atoms with van der Waals surface area (Å²) in [5.41, 5.74) is 0.254. The number of nitrogens with zero attached hydrogens (tertiary/aromatic N) is 2. The second kappa shape index (κ2) is 15.0. The highest BCUT2D eigenvalue weighted by molar-refractivity contribution is 6.47. The number of para-hydroxylation sites is 1. The molecule has 1 saturated heterocycles. The van der Waals surface area contributed by atoms with Crippen molar-refractivity contribution in [3.8, 4) is 5.75 Å². The minimum atomic E-state index is -5.08. The number of carbonyl (C=O) groups is 7. The Kier molecular flexibility index (Phi) is 12.0. The van der Waals surface area contributed by atoms with E-state index in [4.69, 9.17) is 19.7 Å². The first kappa shape index (κ1) is 35.3. The summed E-state index contributed by atoms with van der Waals surface area (Å²) in [5, 5.41) is 43.0. The molecular weight excluding hydrogens is 606 g/mol. The molecule has 0 aliphatic carbocycles. The third-order valence-electron chi connectivity index (χ3n) is 6.09. The van der Waals surface area contributed by atoms with E-state index in [1.54, 1.807) is 13.0 Å². The third-order valence-corrected chi connectivity index (χ3v) is 6.09. The minimum Gasteiger partial charge on any atom is -0.534 e. The average molecular weight is 633 g/mol. The van der Waals surface area contributed by atoms with Crippen molar-refractivity contribution < 1.29 is 71.7 Å². The van der Waals surface area contributed by atoms with Crippen LogP contribution in [0.1, 0.15) is 22.8 Å². The molecule has 21 heteroatoms. The number of aromatic carboxylic acids is 1. The van der Waals surface area contributed by atoms with Crippen molar-refractivity contribution in [1.82, 2.24) is 25.8 Å². The zero-order chi connectivity index (χ0) is 33.4. The fraction of sp³-hybridized carbons (Fsp3) is 0.435. The van der Waals surface area contributed by atoms with Gasteiger partial charge in [-0.25, -0.2) is 14.4 Å². The summed E-state index contributed by atoms with van der Waals surface area (Å²) in [6.45, 7) is 1.09. The molecule has 3 rings (SSSR count). The molecule has 17 nitrogen and oxygen atoms in total. The number of amides is 5. The van der Waals surface area contributed by atoms with Crippen molar-refractivity contribution in [2.45, 2.75) is 31.5 Å². The summed E-state index contributed by atoms with van der Waals surface area (Å²) in [6.07, 6.45) is -5.08. The van der Waals surface area contributed by atoms with Gasteiger partial charge in [-0.2, -0.15) is 13.2 Å². The van der Waals surface area contributed by atoms with Gasteiger partial charge in [0.25, 0.3) is 0 Å². The van der Waals surface area contributed by atoms with Crippen LogP contribution in [0, 0.1) is 0 Å². The Hall–Kier alpha value is -4.92. The molecule has 0 spiro atoms. The van der Waals surface area contributed by atoms with Crippen LogP contribution >= 0.6 is 0 Å². The lowest BCUT2D eigenvalue weighted by molar-refractivity contribution is -0.192. The summed E-state index contributed by atoms with van der Waals surface area (Å²) >= 11 is 0. The predicted octanol–water partition coefficient (Wildman–Crippen LogP) is -2.10. The molecule has 240 valence electrons. The average Bonchev–Trinajstić information content (AvgIpc) is 2.93. The number of urea groups is 1. The van der Waals surface area contributed by atoms with E-state index in [0.717, 1.165) is 0 Å². The maximum Gasteiger partial charge on any atom is 0.547 e. The normalized spacial score (nSPS) is 16.9. The quantitative estimate of drug-likeness (QED) is 0.114. The van der Waals surface area contributed by atoms with E-state index in [1.165, 1.54) is 17.0 Å². The van der Waals surface area contributed by atoms with Gasteiger partial charge in [-0.1, -0.05) is 12.1 Å². The van der Waals surface area contributed by atoms with Gasteiger partial charge in [-0.05, 0) is 25.0 Å². The third kappa shape index (κ3) is 9.29. The van der Waals surface area contributed by atoms with Crippen molar-refractivity contribution in [2.24, 2.45) is 0 Å². The monoisotopic (exact) mass is 633 g/mol. The fourth-order valence-corrected chi connectivity index (χ4v) is 3.93. The topological polar surface area (TPSA) is 252 Å². The Morgan fingerprint density at radius 2 is 1.73 bits per heavy atom. The molecule has 1 aromatic carbocycles. The van der Waals surface area contributed by atoms with Crippen LogP contribution in [-0.2, 0) is 30.4 Å². The summed E-state index contributed by atoms with van der Waals surface area (Å²) in [5.74, 6) is -9.08. The molecule has 5 amide bonds. The van der Waals surface area contributed by atoms with Crippen molar-refractivity contribution in [2.75, 3.05) is 32.7 Å². The maximum absolute atomic E-state index is 13.0. The van der Waals surface area contributed by atoms with E-state index >= 15 is 0 Å². The number of likely N-dealkylation sites (N-methyl/N-ethyl adjacent to an activating group) is 1. The van der Waals surface area contributed by atoms with Crippen molar-refractivity contribution in [1.29, 1.82) is 0 Å². The number of rotatable bonds is 9. The molecule has 1 aromatic rings. The van der Waals surface area contributed by atoms with Crippen LogP contribution in [0.15, 0.2) is 18.2 Å². The Labute approximate surface area is 246 Å². The van der Waals surface area contributed by atoms with Crippen molar-refractivity contribution >= 4 is 48.8 Å². The van der Waals surface area contributed by atoms with Crippen LogP contribution in [-0.4, -0.2) is 130 Å². The smallest absolute Gasteiger partial charge is 0.534 e. The highest BCUT2D eigenvalue weighted by atomic mass is 19.4. The Balaban J connectivity index is 0.000000860. The molecular formula is C23H27BF3N5O12. The highest BCUT2D eigenvalue weighted by Gasteiger charge is 2.41. The predicted molar refractivity (Wildman–Crippen MR) is 138 cm³/mol. The molecule has 0 aromatic heterocycles. The lowest BCUT2D eigenvalue weighted by atomic mass is 9.72. The van der Waals surface area contributed by atoms with Gasteiger partial charge in [0.05, 0.1) is 18.0 Å². The number of carbonyl (C=O) groups excluding carboxylic acids is 4. The number of carboxylic acids is 3.